The van der Waals surface area contributed by atoms with Crippen LogP contribution in [0.1, 0.15) is 15.9 Å². The number of phenols is 1. The first-order chi connectivity index (χ1) is 9.56. The van der Waals surface area contributed by atoms with Crippen LogP contribution in [0.15, 0.2) is 42.5 Å². The Morgan fingerprint density at radius 1 is 1.19 bits per heavy atom. The van der Waals surface area contributed by atoms with E-state index in [1.165, 1.54) is 12.1 Å². The first-order valence-corrected chi connectivity index (χ1v) is 6.47. The number of aromatic hydroxyl groups is 1. The van der Waals surface area contributed by atoms with Gasteiger partial charge in [0.25, 0.3) is 0 Å². The van der Waals surface area contributed by atoms with Gasteiger partial charge in [-0.3, -0.25) is 0 Å². The largest absolute Gasteiger partial charge is 1.00 e. The maximum atomic E-state index is 10.8. The number of rotatable bonds is 5. The molecule has 0 spiro atoms. The van der Waals surface area contributed by atoms with Gasteiger partial charge in [0.2, 0.25) is 0 Å². The summed E-state index contributed by atoms with van der Waals surface area (Å²) in [6.45, 7) is 0.638. The fraction of sp³-hybridized carbons (Fsp3) is 0.133. The van der Waals surface area contributed by atoms with Gasteiger partial charge in [-0.05, 0) is 42.3 Å². The van der Waals surface area contributed by atoms with E-state index in [1.807, 2.05) is 24.3 Å². The van der Waals surface area contributed by atoms with Crippen LogP contribution in [0.2, 0.25) is 5.02 Å². The number of benzene rings is 2. The maximum Gasteiger partial charge on any atom is 1.00 e. The van der Waals surface area contributed by atoms with Gasteiger partial charge in [0.05, 0.1) is 5.97 Å². The number of hydrogen-bond donors (Lipinski definition) is 2. The molecule has 0 atom stereocenters. The molecule has 2 N–H and O–H groups in total. The minimum atomic E-state index is -1.40. The van der Waals surface area contributed by atoms with Gasteiger partial charge in [-0.2, -0.15) is 0 Å². The van der Waals surface area contributed by atoms with E-state index in [2.05, 4.69) is 5.32 Å². The standard InChI is InChI=1S/C15H14ClNO3.K/c16-11-3-1-10(2-4-11)7-8-17-12-5-6-14(18)13(9-12)15(19)20;/h1-6,9,17-18H,7-8H2,(H,19,20);/q;+1/p-1. The van der Waals surface area contributed by atoms with Gasteiger partial charge in [-0.25, -0.2) is 0 Å². The van der Waals surface area contributed by atoms with E-state index >= 15 is 0 Å². The molecule has 2 rings (SSSR count). The normalized spacial score (nSPS) is 9.76. The van der Waals surface area contributed by atoms with Crippen LogP contribution in [-0.4, -0.2) is 17.6 Å². The van der Waals surface area contributed by atoms with Crippen molar-refractivity contribution >= 4 is 23.3 Å². The van der Waals surface area contributed by atoms with Crippen molar-refractivity contribution < 1.29 is 66.4 Å². The van der Waals surface area contributed by atoms with Gasteiger partial charge in [0, 0.05) is 22.8 Å². The average molecular weight is 330 g/mol. The van der Waals surface area contributed by atoms with Crippen molar-refractivity contribution in [2.75, 3.05) is 11.9 Å². The molecule has 104 valence electrons. The van der Waals surface area contributed by atoms with Crippen LogP contribution < -0.4 is 61.8 Å². The molecule has 21 heavy (non-hydrogen) atoms. The third-order valence-electron chi connectivity index (χ3n) is 2.87. The molecule has 0 amide bonds. The van der Waals surface area contributed by atoms with Gasteiger partial charge in [-0.15, -0.1) is 0 Å². The summed E-state index contributed by atoms with van der Waals surface area (Å²) in [6, 6.07) is 11.8. The Morgan fingerprint density at radius 3 is 2.48 bits per heavy atom. The van der Waals surface area contributed by atoms with Crippen LogP contribution in [0.25, 0.3) is 0 Å². The monoisotopic (exact) mass is 329 g/mol. The zero-order valence-corrected chi connectivity index (χ0v) is 15.5. The van der Waals surface area contributed by atoms with E-state index in [-0.39, 0.29) is 62.7 Å². The molecule has 6 heteroatoms. The van der Waals surface area contributed by atoms with Crippen molar-refractivity contribution in [3.63, 3.8) is 0 Å². The van der Waals surface area contributed by atoms with E-state index in [0.29, 0.717) is 17.3 Å². The third kappa shape index (κ3) is 5.62. The molecule has 0 fully saturated rings. The quantitative estimate of drug-likeness (QED) is 0.549. The number of carboxylic acids is 1. The summed E-state index contributed by atoms with van der Waals surface area (Å²) >= 11 is 5.80. The van der Waals surface area contributed by atoms with Crippen molar-refractivity contribution in [1.29, 1.82) is 0 Å². The summed E-state index contributed by atoms with van der Waals surface area (Å²) in [6.07, 6.45) is 0.776. The Morgan fingerprint density at radius 2 is 1.86 bits per heavy atom. The summed E-state index contributed by atoms with van der Waals surface area (Å²) in [5, 5.41) is 24.0. The molecular formula is C15H13ClKNO3. The van der Waals surface area contributed by atoms with Gasteiger partial charge in [0.1, 0.15) is 5.75 Å². The molecule has 0 heterocycles. The first kappa shape index (κ1) is 18.5. The van der Waals surface area contributed by atoms with Crippen molar-refractivity contribution in [3.05, 3.63) is 58.6 Å². The van der Waals surface area contributed by atoms with Crippen molar-refractivity contribution in [1.82, 2.24) is 0 Å². The van der Waals surface area contributed by atoms with Crippen molar-refractivity contribution in [2.45, 2.75) is 6.42 Å². The predicted octanol–water partition coefficient (Wildman–Crippen LogP) is -0.932. The van der Waals surface area contributed by atoms with Crippen LogP contribution in [0.4, 0.5) is 5.69 Å². The van der Waals surface area contributed by atoms with Gasteiger partial charge < -0.3 is 20.3 Å². The molecule has 0 bridgehead atoms. The van der Waals surface area contributed by atoms with Crippen LogP contribution in [-0.2, 0) is 6.42 Å². The molecule has 2 aromatic carbocycles. The average Bonchev–Trinajstić information content (AvgIpc) is 2.42. The van der Waals surface area contributed by atoms with E-state index < -0.39 is 5.97 Å². The van der Waals surface area contributed by atoms with Gasteiger partial charge >= 0.3 is 51.4 Å². The summed E-state index contributed by atoms with van der Waals surface area (Å²) in [7, 11) is 0. The zero-order chi connectivity index (χ0) is 14.5. The minimum absolute atomic E-state index is 0. The smallest absolute Gasteiger partial charge is 0.545 e. The van der Waals surface area contributed by atoms with E-state index in [0.717, 1.165) is 12.0 Å². The van der Waals surface area contributed by atoms with Crippen molar-refractivity contribution in [2.24, 2.45) is 0 Å². The van der Waals surface area contributed by atoms with Crippen LogP contribution in [0, 0.1) is 0 Å². The van der Waals surface area contributed by atoms with Crippen LogP contribution >= 0.6 is 11.6 Å². The molecular weight excluding hydrogens is 317 g/mol. The molecule has 0 saturated heterocycles. The number of carbonyl (C=O) groups is 1. The molecule has 0 radical (unpaired) electrons. The first-order valence-electron chi connectivity index (χ1n) is 6.09. The van der Waals surface area contributed by atoms with Gasteiger partial charge in [-0.1, -0.05) is 23.7 Å². The minimum Gasteiger partial charge on any atom is -0.545 e. The number of anilines is 1. The number of aromatic carboxylic acids is 1. The SMILES string of the molecule is O=C([O-])c1cc(NCCc2ccc(Cl)cc2)ccc1O.[K+]. The van der Waals surface area contributed by atoms with Crippen molar-refractivity contribution in [3.8, 4) is 5.75 Å². The molecule has 0 aliphatic carbocycles. The second-order valence-corrected chi connectivity index (χ2v) is 4.76. The summed E-state index contributed by atoms with van der Waals surface area (Å²) in [5.74, 6) is -1.70. The number of carboxylic acid groups (broad SMARTS) is 1. The Bertz CT molecular complexity index is 617. The second-order valence-electron chi connectivity index (χ2n) is 4.32. The van der Waals surface area contributed by atoms with Gasteiger partial charge in [0.15, 0.2) is 0 Å². The zero-order valence-electron chi connectivity index (χ0n) is 11.6. The summed E-state index contributed by atoms with van der Waals surface area (Å²) < 4.78 is 0. The van der Waals surface area contributed by atoms with Crippen LogP contribution in [0.5, 0.6) is 5.75 Å². The summed E-state index contributed by atoms with van der Waals surface area (Å²) in [4.78, 5) is 10.8. The number of carbonyl (C=O) groups excluding carboxylic acids is 1. The molecule has 0 aliphatic rings. The molecule has 0 aromatic heterocycles. The molecule has 4 nitrogen and oxygen atoms in total. The Balaban J connectivity index is 0.00000220. The van der Waals surface area contributed by atoms with E-state index in [9.17, 15) is 15.0 Å². The second kappa shape index (κ2) is 8.78. The Kier molecular flexibility index (Phi) is 7.73. The third-order valence-corrected chi connectivity index (χ3v) is 3.12. The fourth-order valence-electron chi connectivity index (χ4n) is 1.81. The summed E-state index contributed by atoms with van der Waals surface area (Å²) in [5.41, 5.74) is 1.53. The molecule has 0 unspecified atom stereocenters. The Labute approximate surface area is 170 Å². The number of hydrogen-bond acceptors (Lipinski definition) is 4. The topological polar surface area (TPSA) is 72.4 Å². The number of nitrogens with one attached hydrogen (secondary N) is 1. The van der Waals surface area contributed by atoms with Crippen LogP contribution in [0.3, 0.4) is 0 Å². The molecule has 2 aromatic rings. The predicted molar refractivity (Wildman–Crippen MR) is 76.1 cm³/mol. The Hall–Kier alpha value is -0.564. The molecule has 0 aliphatic heterocycles. The fourth-order valence-corrected chi connectivity index (χ4v) is 1.94. The molecule has 0 saturated carbocycles. The van der Waals surface area contributed by atoms with E-state index in [4.69, 9.17) is 11.6 Å². The number of halogens is 1. The van der Waals surface area contributed by atoms with E-state index in [1.54, 1.807) is 6.07 Å². The maximum absolute atomic E-state index is 10.8.